The van der Waals surface area contributed by atoms with Gasteiger partial charge in [-0.25, -0.2) is 4.68 Å². The number of nitrogens with one attached hydrogen (secondary N) is 2. The summed E-state index contributed by atoms with van der Waals surface area (Å²) in [6.07, 6.45) is 1.59. The van der Waals surface area contributed by atoms with Crippen LogP contribution in [0.25, 0.3) is 0 Å². The quantitative estimate of drug-likeness (QED) is 0.373. The number of nitrogens with zero attached hydrogens (tertiary/aromatic N) is 2. The highest BCUT2D eigenvalue weighted by Gasteiger charge is 2.13. The summed E-state index contributed by atoms with van der Waals surface area (Å²) in [5, 5.41) is 12.8. The number of hydrogen-bond donors (Lipinski definition) is 2. The van der Waals surface area contributed by atoms with E-state index in [0.717, 1.165) is 5.56 Å². The van der Waals surface area contributed by atoms with Gasteiger partial charge in [-0.1, -0.05) is 41.4 Å². The van der Waals surface area contributed by atoms with Gasteiger partial charge in [-0.05, 0) is 47.3 Å². The van der Waals surface area contributed by atoms with Crippen LogP contribution in [-0.4, -0.2) is 21.6 Å². The van der Waals surface area contributed by atoms with E-state index in [1.54, 1.807) is 59.4 Å². The highest BCUT2D eigenvalue weighted by atomic mass is 35.5. The maximum absolute atomic E-state index is 12.8. The molecule has 0 bridgehead atoms. The molecule has 0 aliphatic carbocycles. The third kappa shape index (κ3) is 5.14. The van der Waals surface area contributed by atoms with Gasteiger partial charge in [-0.3, -0.25) is 9.59 Å². The molecule has 4 rings (SSSR count). The van der Waals surface area contributed by atoms with E-state index in [-0.39, 0.29) is 11.8 Å². The van der Waals surface area contributed by atoms with Gasteiger partial charge in [0, 0.05) is 27.4 Å². The average molecular weight is 471 g/mol. The molecule has 0 fully saturated rings. The van der Waals surface area contributed by atoms with E-state index >= 15 is 0 Å². The minimum atomic E-state index is -0.323. The largest absolute Gasteiger partial charge is 0.321 e. The smallest absolute Gasteiger partial charge is 0.265 e. The molecule has 0 spiro atoms. The monoisotopic (exact) mass is 470 g/mol. The molecule has 0 radical (unpaired) electrons. The van der Waals surface area contributed by atoms with E-state index in [9.17, 15) is 9.59 Å². The Kier molecular flexibility index (Phi) is 6.36. The number of carbonyl (C=O) groups is 2. The van der Waals surface area contributed by atoms with Gasteiger partial charge in [0.2, 0.25) is 0 Å². The van der Waals surface area contributed by atoms with Crippen molar-refractivity contribution in [1.29, 1.82) is 0 Å². The second-order valence-electron chi connectivity index (χ2n) is 6.58. The molecule has 0 saturated carbocycles. The van der Waals surface area contributed by atoms with Gasteiger partial charge in [0.25, 0.3) is 11.8 Å². The molecule has 0 aliphatic heterocycles. The summed E-state index contributed by atoms with van der Waals surface area (Å²) in [4.78, 5) is 25.6. The Balaban J connectivity index is 1.47. The first-order valence-corrected chi connectivity index (χ1v) is 10.8. The standard InChI is InChI=1S/C22H16Cl2N4O2S/c23-16-7-6-15(18(24)12-16)13-28-20(8-9-25-28)27-21(29)14-3-1-4-17(11-14)26-22(30)19-5-2-10-31-19/h1-12H,13H2,(H,26,30)(H,27,29). The predicted octanol–water partition coefficient (Wildman–Crippen LogP) is 5.80. The lowest BCUT2D eigenvalue weighted by molar-refractivity contribution is 0.101. The van der Waals surface area contributed by atoms with Gasteiger partial charge in [0.1, 0.15) is 5.82 Å². The minimum absolute atomic E-state index is 0.217. The third-order valence-electron chi connectivity index (χ3n) is 4.42. The zero-order valence-electron chi connectivity index (χ0n) is 16.0. The van der Waals surface area contributed by atoms with Gasteiger partial charge in [-0.15, -0.1) is 11.3 Å². The van der Waals surface area contributed by atoms with Crippen molar-refractivity contribution in [2.75, 3.05) is 10.6 Å². The van der Waals surface area contributed by atoms with Gasteiger partial charge in [-0.2, -0.15) is 5.10 Å². The van der Waals surface area contributed by atoms with Crippen molar-refractivity contribution in [2.24, 2.45) is 0 Å². The van der Waals surface area contributed by atoms with Crippen LogP contribution in [0.1, 0.15) is 25.6 Å². The van der Waals surface area contributed by atoms with Crippen molar-refractivity contribution in [3.05, 3.63) is 98.3 Å². The van der Waals surface area contributed by atoms with E-state index in [2.05, 4.69) is 15.7 Å². The van der Waals surface area contributed by atoms with Crippen LogP contribution < -0.4 is 10.6 Å². The fourth-order valence-corrected chi connectivity index (χ4v) is 3.99. The lowest BCUT2D eigenvalue weighted by Gasteiger charge is -2.11. The Morgan fingerprint density at radius 1 is 0.968 bits per heavy atom. The minimum Gasteiger partial charge on any atom is -0.321 e. The van der Waals surface area contributed by atoms with Crippen molar-refractivity contribution < 1.29 is 9.59 Å². The van der Waals surface area contributed by atoms with Crippen LogP contribution in [0.15, 0.2) is 72.2 Å². The van der Waals surface area contributed by atoms with Crippen molar-refractivity contribution in [3.8, 4) is 0 Å². The zero-order valence-corrected chi connectivity index (χ0v) is 18.3. The van der Waals surface area contributed by atoms with Crippen LogP contribution in [0.3, 0.4) is 0 Å². The molecule has 2 aromatic carbocycles. The average Bonchev–Trinajstić information content (AvgIpc) is 3.43. The SMILES string of the molecule is O=C(Nc1ccnn1Cc1ccc(Cl)cc1Cl)c1cccc(NC(=O)c2cccs2)c1. The maximum atomic E-state index is 12.8. The zero-order chi connectivity index (χ0) is 21.8. The number of hydrogen-bond acceptors (Lipinski definition) is 4. The second kappa shape index (κ2) is 9.34. The number of carbonyl (C=O) groups excluding carboxylic acids is 2. The van der Waals surface area contributed by atoms with E-state index in [1.807, 2.05) is 17.5 Å². The maximum Gasteiger partial charge on any atom is 0.265 e. The molecule has 156 valence electrons. The van der Waals surface area contributed by atoms with E-state index in [0.29, 0.717) is 38.5 Å². The van der Waals surface area contributed by atoms with Gasteiger partial charge >= 0.3 is 0 Å². The van der Waals surface area contributed by atoms with Crippen LogP contribution in [0, 0.1) is 0 Å². The number of rotatable bonds is 6. The Labute approximate surface area is 192 Å². The van der Waals surface area contributed by atoms with E-state index in [4.69, 9.17) is 23.2 Å². The van der Waals surface area contributed by atoms with Crippen molar-refractivity contribution >= 4 is 57.9 Å². The van der Waals surface area contributed by atoms with Crippen molar-refractivity contribution in [3.63, 3.8) is 0 Å². The molecule has 0 aliphatic rings. The number of benzene rings is 2. The Morgan fingerprint density at radius 2 is 1.84 bits per heavy atom. The molecule has 2 N–H and O–H groups in total. The summed E-state index contributed by atoms with van der Waals surface area (Å²) >= 11 is 13.5. The molecule has 0 unspecified atom stereocenters. The number of aromatic nitrogens is 2. The highest BCUT2D eigenvalue weighted by Crippen LogP contribution is 2.23. The van der Waals surface area contributed by atoms with Crippen LogP contribution in [-0.2, 0) is 6.54 Å². The molecule has 2 heterocycles. The third-order valence-corrected chi connectivity index (χ3v) is 5.88. The van der Waals surface area contributed by atoms with Gasteiger partial charge in [0.15, 0.2) is 0 Å². The Morgan fingerprint density at radius 3 is 2.61 bits per heavy atom. The molecule has 2 aromatic heterocycles. The second-order valence-corrected chi connectivity index (χ2v) is 8.37. The van der Waals surface area contributed by atoms with Crippen LogP contribution in [0.5, 0.6) is 0 Å². The van der Waals surface area contributed by atoms with Gasteiger partial charge < -0.3 is 10.6 Å². The highest BCUT2D eigenvalue weighted by molar-refractivity contribution is 7.12. The summed E-state index contributed by atoms with van der Waals surface area (Å²) in [6.45, 7) is 0.371. The van der Waals surface area contributed by atoms with Crippen LogP contribution >= 0.6 is 34.5 Å². The topological polar surface area (TPSA) is 76.0 Å². The predicted molar refractivity (Wildman–Crippen MR) is 124 cm³/mol. The fraction of sp³-hybridized carbons (Fsp3) is 0.0455. The first-order valence-electron chi connectivity index (χ1n) is 9.21. The Bertz CT molecular complexity index is 1240. The lowest BCUT2D eigenvalue weighted by Crippen LogP contribution is -2.17. The number of amides is 2. The Hall–Kier alpha value is -3.13. The summed E-state index contributed by atoms with van der Waals surface area (Å²) in [5.41, 5.74) is 1.76. The van der Waals surface area contributed by atoms with Crippen molar-refractivity contribution in [1.82, 2.24) is 9.78 Å². The fourth-order valence-electron chi connectivity index (χ4n) is 2.90. The molecule has 4 aromatic rings. The molecular weight excluding hydrogens is 455 g/mol. The summed E-state index contributed by atoms with van der Waals surface area (Å²) in [5.74, 6) is -0.0225. The molecule has 0 saturated heterocycles. The number of halogens is 2. The van der Waals surface area contributed by atoms with Crippen molar-refractivity contribution in [2.45, 2.75) is 6.54 Å². The van der Waals surface area contributed by atoms with E-state index in [1.165, 1.54) is 11.3 Å². The van der Waals surface area contributed by atoms with E-state index < -0.39 is 0 Å². The number of anilines is 2. The molecule has 0 atom stereocenters. The summed E-state index contributed by atoms with van der Waals surface area (Å²) < 4.78 is 1.63. The first-order chi connectivity index (χ1) is 15.0. The normalized spacial score (nSPS) is 10.6. The molecule has 6 nitrogen and oxygen atoms in total. The molecule has 31 heavy (non-hydrogen) atoms. The summed E-state index contributed by atoms with van der Waals surface area (Å²) in [6, 6.07) is 17.2. The molecule has 2 amide bonds. The van der Waals surface area contributed by atoms with Gasteiger partial charge in [0.05, 0.1) is 17.6 Å². The summed E-state index contributed by atoms with van der Waals surface area (Å²) in [7, 11) is 0. The first kappa shape index (κ1) is 21.1. The molecule has 9 heteroatoms. The molecular formula is C22H16Cl2N4O2S. The van der Waals surface area contributed by atoms with Crippen LogP contribution in [0.2, 0.25) is 10.0 Å². The number of thiophene rings is 1. The van der Waals surface area contributed by atoms with Crippen LogP contribution in [0.4, 0.5) is 11.5 Å². The lowest BCUT2D eigenvalue weighted by atomic mass is 10.2.